The number of likely N-dealkylation sites (tertiary alicyclic amines) is 1. The van der Waals surface area contributed by atoms with Crippen molar-refractivity contribution in [1.29, 1.82) is 0 Å². The maximum absolute atomic E-state index is 5.56. The van der Waals surface area contributed by atoms with Gasteiger partial charge in [0.25, 0.3) is 0 Å². The fourth-order valence-corrected chi connectivity index (χ4v) is 5.16. The minimum atomic E-state index is 0.283. The van der Waals surface area contributed by atoms with E-state index in [2.05, 4.69) is 23.4 Å². The molecule has 4 nitrogen and oxygen atoms in total. The van der Waals surface area contributed by atoms with E-state index in [-0.39, 0.29) is 4.75 Å². The van der Waals surface area contributed by atoms with Gasteiger partial charge in [-0.3, -0.25) is 4.99 Å². The Morgan fingerprint density at radius 2 is 1.87 bits per heavy atom. The Kier molecular flexibility index (Phi) is 6.13. The van der Waals surface area contributed by atoms with Crippen molar-refractivity contribution in [3.05, 3.63) is 0 Å². The minimum Gasteiger partial charge on any atom is -0.381 e. The Hall–Kier alpha value is -0.420. The van der Waals surface area contributed by atoms with Gasteiger partial charge in [-0.2, -0.15) is 11.8 Å². The molecule has 3 rings (SSSR count). The number of nitrogens with zero attached hydrogens (tertiary/aromatic N) is 2. The molecule has 0 aromatic carbocycles. The number of aliphatic imine (C=N–C) groups is 1. The van der Waals surface area contributed by atoms with Crippen LogP contribution in [0.1, 0.15) is 45.4 Å². The highest BCUT2D eigenvalue weighted by molar-refractivity contribution is 8.00. The SMILES string of the molecule is CCNC(=NCC1(SC)CCOCC1)N1CC2CCCCC2C1. The van der Waals surface area contributed by atoms with Crippen LogP contribution < -0.4 is 5.32 Å². The summed E-state index contributed by atoms with van der Waals surface area (Å²) in [4.78, 5) is 7.61. The lowest BCUT2D eigenvalue weighted by molar-refractivity contribution is 0.0793. The van der Waals surface area contributed by atoms with Crippen LogP contribution in [0.2, 0.25) is 0 Å². The first-order chi connectivity index (χ1) is 11.3. The molecule has 0 aromatic rings. The molecule has 0 spiro atoms. The van der Waals surface area contributed by atoms with E-state index in [1.807, 2.05) is 11.8 Å². The van der Waals surface area contributed by atoms with E-state index in [0.29, 0.717) is 0 Å². The molecule has 1 N–H and O–H groups in total. The van der Waals surface area contributed by atoms with Crippen LogP contribution >= 0.6 is 11.8 Å². The van der Waals surface area contributed by atoms with Crippen molar-refractivity contribution < 1.29 is 4.74 Å². The number of guanidine groups is 1. The third-order valence-electron chi connectivity index (χ3n) is 5.96. The van der Waals surface area contributed by atoms with E-state index in [9.17, 15) is 0 Å². The van der Waals surface area contributed by atoms with Crippen LogP contribution in [-0.2, 0) is 4.74 Å². The van der Waals surface area contributed by atoms with Crippen LogP contribution in [0, 0.1) is 11.8 Å². The van der Waals surface area contributed by atoms with Crippen molar-refractivity contribution in [3.63, 3.8) is 0 Å². The molecule has 1 saturated carbocycles. The van der Waals surface area contributed by atoms with E-state index in [1.165, 1.54) is 38.8 Å². The quantitative estimate of drug-likeness (QED) is 0.631. The number of ether oxygens (including phenoxy) is 1. The van der Waals surface area contributed by atoms with Crippen molar-refractivity contribution in [3.8, 4) is 0 Å². The predicted octanol–water partition coefficient (Wildman–Crippen LogP) is 2.99. The number of rotatable bonds is 4. The molecule has 2 aliphatic heterocycles. The molecule has 0 radical (unpaired) electrons. The first-order valence-electron chi connectivity index (χ1n) is 9.42. The maximum atomic E-state index is 5.56. The number of hydrogen-bond donors (Lipinski definition) is 1. The number of nitrogens with one attached hydrogen (secondary N) is 1. The van der Waals surface area contributed by atoms with Gasteiger partial charge in [0, 0.05) is 37.6 Å². The van der Waals surface area contributed by atoms with Crippen molar-refractivity contribution in [1.82, 2.24) is 10.2 Å². The topological polar surface area (TPSA) is 36.9 Å². The highest BCUT2D eigenvalue weighted by atomic mass is 32.2. The lowest BCUT2D eigenvalue weighted by atomic mass is 9.82. The van der Waals surface area contributed by atoms with Gasteiger partial charge in [0.15, 0.2) is 5.96 Å². The molecular formula is C18H33N3OS. The second-order valence-corrected chi connectivity index (χ2v) is 8.65. The third-order valence-corrected chi connectivity index (χ3v) is 7.37. The number of fused-ring (bicyclic) bond motifs is 1. The van der Waals surface area contributed by atoms with Crippen LogP contribution in [0.5, 0.6) is 0 Å². The molecule has 2 saturated heterocycles. The third kappa shape index (κ3) is 4.16. The molecule has 2 atom stereocenters. The zero-order valence-electron chi connectivity index (χ0n) is 14.9. The van der Waals surface area contributed by atoms with Gasteiger partial charge in [0.05, 0.1) is 6.54 Å². The highest BCUT2D eigenvalue weighted by Gasteiger charge is 2.36. The highest BCUT2D eigenvalue weighted by Crippen LogP contribution is 2.37. The lowest BCUT2D eigenvalue weighted by Crippen LogP contribution is -2.42. The molecule has 3 fully saturated rings. The van der Waals surface area contributed by atoms with Gasteiger partial charge in [-0.1, -0.05) is 12.8 Å². The molecule has 5 heteroatoms. The molecule has 2 heterocycles. The number of thioether (sulfide) groups is 1. The van der Waals surface area contributed by atoms with E-state index in [1.54, 1.807) is 0 Å². The fraction of sp³-hybridized carbons (Fsp3) is 0.944. The maximum Gasteiger partial charge on any atom is 0.193 e. The summed E-state index contributed by atoms with van der Waals surface area (Å²) in [5, 5.41) is 3.55. The predicted molar refractivity (Wildman–Crippen MR) is 99.3 cm³/mol. The van der Waals surface area contributed by atoms with Crippen LogP contribution in [0.15, 0.2) is 4.99 Å². The van der Waals surface area contributed by atoms with Crippen LogP contribution in [0.25, 0.3) is 0 Å². The molecule has 132 valence electrons. The zero-order valence-corrected chi connectivity index (χ0v) is 15.7. The number of hydrogen-bond acceptors (Lipinski definition) is 3. The largest absolute Gasteiger partial charge is 0.381 e. The van der Waals surface area contributed by atoms with E-state index in [4.69, 9.17) is 9.73 Å². The molecule has 0 amide bonds. The summed E-state index contributed by atoms with van der Waals surface area (Å²) in [6.45, 7) is 8.27. The van der Waals surface area contributed by atoms with Gasteiger partial charge in [0.1, 0.15) is 0 Å². The molecule has 1 aliphatic carbocycles. The van der Waals surface area contributed by atoms with Gasteiger partial charge in [0.2, 0.25) is 0 Å². The summed E-state index contributed by atoms with van der Waals surface area (Å²) >= 11 is 1.98. The first-order valence-corrected chi connectivity index (χ1v) is 10.6. The summed E-state index contributed by atoms with van der Waals surface area (Å²) in [5.41, 5.74) is 0. The average molecular weight is 340 g/mol. The van der Waals surface area contributed by atoms with Crippen LogP contribution in [0.3, 0.4) is 0 Å². The Balaban J connectivity index is 1.65. The van der Waals surface area contributed by atoms with Crippen LogP contribution in [-0.4, -0.2) is 61.3 Å². The van der Waals surface area contributed by atoms with Gasteiger partial charge in [-0.25, -0.2) is 0 Å². The van der Waals surface area contributed by atoms with Crippen molar-refractivity contribution >= 4 is 17.7 Å². The summed E-state index contributed by atoms with van der Waals surface area (Å²) < 4.78 is 5.84. The van der Waals surface area contributed by atoms with Crippen molar-refractivity contribution in [2.24, 2.45) is 16.8 Å². The monoisotopic (exact) mass is 339 g/mol. The van der Waals surface area contributed by atoms with E-state index >= 15 is 0 Å². The van der Waals surface area contributed by atoms with E-state index < -0.39 is 0 Å². The smallest absolute Gasteiger partial charge is 0.193 e. The average Bonchev–Trinajstić information content (AvgIpc) is 3.03. The molecule has 3 aliphatic rings. The van der Waals surface area contributed by atoms with E-state index in [0.717, 1.165) is 56.9 Å². The minimum absolute atomic E-state index is 0.283. The standard InChI is InChI=1S/C18H33N3OS/c1-3-19-17(20-14-18(23-2)8-10-22-11-9-18)21-12-15-6-4-5-7-16(15)13-21/h15-16H,3-14H2,1-2H3,(H,19,20). The zero-order chi connectivity index (χ0) is 16.1. The Labute approximate surface area is 145 Å². The van der Waals surface area contributed by atoms with Gasteiger partial charge in [-0.15, -0.1) is 0 Å². The van der Waals surface area contributed by atoms with Crippen molar-refractivity contribution in [2.75, 3.05) is 45.6 Å². The fourth-order valence-electron chi connectivity index (χ4n) is 4.39. The Bertz CT molecular complexity index is 395. The Morgan fingerprint density at radius 1 is 1.22 bits per heavy atom. The van der Waals surface area contributed by atoms with Gasteiger partial charge < -0.3 is 15.0 Å². The second kappa shape index (κ2) is 8.11. The van der Waals surface area contributed by atoms with Gasteiger partial charge >= 0.3 is 0 Å². The summed E-state index contributed by atoms with van der Waals surface area (Å²) in [6, 6.07) is 0. The molecule has 23 heavy (non-hydrogen) atoms. The molecule has 0 bridgehead atoms. The van der Waals surface area contributed by atoms with Crippen molar-refractivity contribution in [2.45, 2.75) is 50.2 Å². The van der Waals surface area contributed by atoms with Gasteiger partial charge in [-0.05, 0) is 50.7 Å². The summed E-state index contributed by atoms with van der Waals surface area (Å²) in [7, 11) is 0. The lowest BCUT2D eigenvalue weighted by Gasteiger charge is -2.34. The normalized spacial score (nSPS) is 31.0. The summed E-state index contributed by atoms with van der Waals surface area (Å²) in [6.07, 6.45) is 10.2. The first kappa shape index (κ1) is 17.4. The molecule has 0 aromatic heterocycles. The second-order valence-electron chi connectivity index (χ2n) is 7.38. The molecule has 2 unspecified atom stereocenters. The Morgan fingerprint density at radius 3 is 2.43 bits per heavy atom. The molecular weight excluding hydrogens is 306 g/mol. The van der Waals surface area contributed by atoms with Crippen LogP contribution in [0.4, 0.5) is 0 Å². The summed E-state index contributed by atoms with van der Waals surface area (Å²) in [5.74, 6) is 2.97.